The SMILES string of the molecule is CCCCC1C(C)CC2CCCC2C1C1CCC(CC)C2CCCCC21. The summed E-state index contributed by atoms with van der Waals surface area (Å²) in [5.41, 5.74) is 0. The zero-order valence-corrected chi connectivity index (χ0v) is 18.1. The van der Waals surface area contributed by atoms with E-state index in [1.54, 1.807) is 64.2 Å². The Bertz CT molecular complexity index is 439. The van der Waals surface area contributed by atoms with Crippen LogP contribution in [0.15, 0.2) is 0 Å². The Labute approximate surface area is 164 Å². The molecule has 0 heterocycles. The Kier molecular flexibility index (Phi) is 6.37. The Morgan fingerprint density at radius 3 is 2.27 bits per heavy atom. The summed E-state index contributed by atoms with van der Waals surface area (Å²) >= 11 is 0. The maximum Gasteiger partial charge on any atom is -0.0321 e. The third-order valence-electron chi connectivity index (χ3n) is 9.92. The van der Waals surface area contributed by atoms with Crippen molar-refractivity contribution in [3.8, 4) is 0 Å². The van der Waals surface area contributed by atoms with E-state index in [0.717, 1.165) is 53.3 Å². The van der Waals surface area contributed by atoms with E-state index in [9.17, 15) is 0 Å². The largest absolute Gasteiger partial charge is 0.0654 e. The van der Waals surface area contributed by atoms with E-state index in [1.807, 2.05) is 0 Å². The Morgan fingerprint density at radius 1 is 0.731 bits per heavy atom. The van der Waals surface area contributed by atoms with Gasteiger partial charge in [-0.1, -0.05) is 65.7 Å². The summed E-state index contributed by atoms with van der Waals surface area (Å²) in [5, 5.41) is 0. The summed E-state index contributed by atoms with van der Waals surface area (Å²) in [4.78, 5) is 0. The second-order valence-corrected chi connectivity index (χ2v) is 11.0. The van der Waals surface area contributed by atoms with Gasteiger partial charge in [-0.25, -0.2) is 0 Å². The first-order chi connectivity index (χ1) is 12.7. The van der Waals surface area contributed by atoms with Crippen molar-refractivity contribution in [2.45, 2.75) is 111 Å². The predicted octanol–water partition coefficient (Wildman–Crippen LogP) is 8.11. The summed E-state index contributed by atoms with van der Waals surface area (Å²) in [6.45, 7) is 7.54. The molecule has 0 saturated heterocycles. The molecule has 4 saturated carbocycles. The highest BCUT2D eigenvalue weighted by molar-refractivity contribution is 5.01. The molecule has 150 valence electrons. The smallest absolute Gasteiger partial charge is 0.0321 e. The van der Waals surface area contributed by atoms with Crippen LogP contribution in [-0.2, 0) is 0 Å². The number of rotatable bonds is 5. The lowest BCUT2D eigenvalue weighted by molar-refractivity contribution is -0.0595. The minimum atomic E-state index is 1.01. The standard InChI is InChI=1S/C26H46/c1-4-6-11-21-18(3)17-20-10-9-14-23(20)26(21)25-16-15-19(5-2)22-12-7-8-13-24(22)25/h18-26H,4-17H2,1-3H3. The van der Waals surface area contributed by atoms with Gasteiger partial charge in [-0.3, -0.25) is 0 Å². The molecule has 0 bridgehead atoms. The van der Waals surface area contributed by atoms with E-state index in [4.69, 9.17) is 0 Å². The molecule has 9 unspecified atom stereocenters. The molecular formula is C26H46. The van der Waals surface area contributed by atoms with Crippen LogP contribution in [-0.4, -0.2) is 0 Å². The molecule has 4 rings (SSSR count). The summed E-state index contributed by atoms with van der Waals surface area (Å²) in [5.74, 6) is 9.83. The van der Waals surface area contributed by atoms with Crippen molar-refractivity contribution in [3.63, 3.8) is 0 Å². The van der Waals surface area contributed by atoms with Gasteiger partial charge in [-0.2, -0.15) is 0 Å². The quantitative estimate of drug-likeness (QED) is 0.465. The molecule has 0 spiro atoms. The van der Waals surface area contributed by atoms with E-state index >= 15 is 0 Å². The lowest BCUT2D eigenvalue weighted by Crippen LogP contribution is -2.48. The number of hydrogen-bond donors (Lipinski definition) is 0. The van der Waals surface area contributed by atoms with Gasteiger partial charge in [-0.15, -0.1) is 0 Å². The lowest BCUT2D eigenvalue weighted by atomic mass is 9.50. The van der Waals surface area contributed by atoms with Gasteiger partial charge in [0.05, 0.1) is 0 Å². The van der Waals surface area contributed by atoms with E-state index < -0.39 is 0 Å². The van der Waals surface area contributed by atoms with Gasteiger partial charge in [0.25, 0.3) is 0 Å². The lowest BCUT2D eigenvalue weighted by Gasteiger charge is -2.55. The van der Waals surface area contributed by atoms with Crippen LogP contribution < -0.4 is 0 Å². The zero-order chi connectivity index (χ0) is 18.1. The fourth-order valence-electron chi connectivity index (χ4n) is 8.89. The first-order valence-electron chi connectivity index (χ1n) is 12.7. The van der Waals surface area contributed by atoms with Gasteiger partial charge in [-0.05, 0) is 98.2 Å². The molecule has 0 aromatic heterocycles. The molecule has 0 aliphatic heterocycles. The van der Waals surface area contributed by atoms with Gasteiger partial charge >= 0.3 is 0 Å². The third-order valence-corrected chi connectivity index (χ3v) is 9.92. The highest BCUT2D eigenvalue weighted by Gasteiger charge is 2.51. The monoisotopic (exact) mass is 358 g/mol. The molecule has 0 nitrogen and oxygen atoms in total. The van der Waals surface area contributed by atoms with Crippen LogP contribution >= 0.6 is 0 Å². The summed E-state index contributed by atoms with van der Waals surface area (Å²) < 4.78 is 0. The highest BCUT2D eigenvalue weighted by Crippen LogP contribution is 2.59. The van der Waals surface area contributed by atoms with Gasteiger partial charge in [0.2, 0.25) is 0 Å². The van der Waals surface area contributed by atoms with E-state index in [-0.39, 0.29) is 0 Å². The minimum Gasteiger partial charge on any atom is -0.0654 e. The van der Waals surface area contributed by atoms with Crippen LogP contribution in [0.25, 0.3) is 0 Å². The fraction of sp³-hybridized carbons (Fsp3) is 1.00. The van der Waals surface area contributed by atoms with Crippen molar-refractivity contribution in [1.82, 2.24) is 0 Å². The molecule has 0 N–H and O–H groups in total. The normalized spacial score (nSPS) is 48.8. The summed E-state index contributed by atoms with van der Waals surface area (Å²) in [6, 6.07) is 0. The van der Waals surface area contributed by atoms with Gasteiger partial charge < -0.3 is 0 Å². The van der Waals surface area contributed by atoms with Crippen LogP contribution in [0, 0.1) is 53.3 Å². The maximum atomic E-state index is 2.65. The zero-order valence-electron chi connectivity index (χ0n) is 18.1. The van der Waals surface area contributed by atoms with Crippen molar-refractivity contribution in [3.05, 3.63) is 0 Å². The van der Waals surface area contributed by atoms with Crippen molar-refractivity contribution in [2.75, 3.05) is 0 Å². The van der Waals surface area contributed by atoms with Crippen molar-refractivity contribution < 1.29 is 0 Å². The summed E-state index contributed by atoms with van der Waals surface area (Å²) in [6.07, 6.45) is 21.6. The molecule has 4 fully saturated rings. The van der Waals surface area contributed by atoms with Crippen LogP contribution in [0.4, 0.5) is 0 Å². The number of fused-ring (bicyclic) bond motifs is 2. The molecule has 0 amide bonds. The van der Waals surface area contributed by atoms with Crippen molar-refractivity contribution >= 4 is 0 Å². The minimum absolute atomic E-state index is 1.01. The molecule has 0 heteroatoms. The molecule has 0 aromatic carbocycles. The van der Waals surface area contributed by atoms with E-state index in [2.05, 4.69) is 20.8 Å². The van der Waals surface area contributed by atoms with Crippen molar-refractivity contribution in [2.24, 2.45) is 53.3 Å². The average molecular weight is 359 g/mol. The molecule has 4 aliphatic carbocycles. The van der Waals surface area contributed by atoms with E-state index in [1.165, 1.54) is 25.7 Å². The Morgan fingerprint density at radius 2 is 1.50 bits per heavy atom. The van der Waals surface area contributed by atoms with Crippen LogP contribution in [0.5, 0.6) is 0 Å². The molecule has 9 atom stereocenters. The Balaban J connectivity index is 1.60. The summed E-state index contributed by atoms with van der Waals surface area (Å²) in [7, 11) is 0. The second kappa shape index (κ2) is 8.57. The molecule has 0 radical (unpaired) electrons. The van der Waals surface area contributed by atoms with Crippen LogP contribution in [0.2, 0.25) is 0 Å². The fourth-order valence-corrected chi connectivity index (χ4v) is 8.89. The van der Waals surface area contributed by atoms with Crippen molar-refractivity contribution in [1.29, 1.82) is 0 Å². The molecular weight excluding hydrogens is 312 g/mol. The van der Waals surface area contributed by atoms with Crippen LogP contribution in [0.1, 0.15) is 111 Å². The molecule has 0 aromatic rings. The maximum absolute atomic E-state index is 2.65. The number of unbranched alkanes of at least 4 members (excludes halogenated alkanes) is 1. The average Bonchev–Trinajstić information content (AvgIpc) is 3.13. The first kappa shape index (κ1) is 19.3. The topological polar surface area (TPSA) is 0 Å². The number of hydrogen-bond acceptors (Lipinski definition) is 0. The third kappa shape index (κ3) is 3.53. The molecule has 26 heavy (non-hydrogen) atoms. The highest BCUT2D eigenvalue weighted by atomic mass is 14.6. The molecule has 4 aliphatic rings. The van der Waals surface area contributed by atoms with Gasteiger partial charge in [0.1, 0.15) is 0 Å². The van der Waals surface area contributed by atoms with Gasteiger partial charge in [0.15, 0.2) is 0 Å². The first-order valence-corrected chi connectivity index (χ1v) is 12.7. The predicted molar refractivity (Wildman–Crippen MR) is 113 cm³/mol. The Hall–Kier alpha value is 0. The van der Waals surface area contributed by atoms with E-state index in [0.29, 0.717) is 0 Å². The van der Waals surface area contributed by atoms with Gasteiger partial charge in [0, 0.05) is 0 Å². The second-order valence-electron chi connectivity index (χ2n) is 11.0. The van der Waals surface area contributed by atoms with Crippen LogP contribution in [0.3, 0.4) is 0 Å².